The lowest BCUT2D eigenvalue weighted by molar-refractivity contribution is 1.10. The molecule has 4 aromatic rings. The third-order valence-electron chi connectivity index (χ3n) is 3.93. The van der Waals surface area contributed by atoms with Crippen molar-refractivity contribution in [3.8, 4) is 11.3 Å². The van der Waals surface area contributed by atoms with Crippen molar-refractivity contribution >= 4 is 16.3 Å². The summed E-state index contributed by atoms with van der Waals surface area (Å²) < 4.78 is 1.69. The van der Waals surface area contributed by atoms with Crippen molar-refractivity contribution in [3.63, 3.8) is 0 Å². The van der Waals surface area contributed by atoms with Gasteiger partial charge in [-0.2, -0.15) is 0 Å². The van der Waals surface area contributed by atoms with Crippen LogP contribution < -0.4 is 5.56 Å². The molecule has 4 rings (SSSR count). The number of rotatable bonds is 1. The normalized spacial score (nSPS) is 11.1. The first kappa shape index (κ1) is 12.8. The Labute approximate surface area is 127 Å². The Morgan fingerprint density at radius 1 is 0.909 bits per heavy atom. The standard InChI is InChI=1S/C19H14N2O/c1-13-9-10-16(20-12-13)18-15-7-3-2-6-14(15)17-8-4-5-11-21(17)19(18)22/h2-12H,1H3. The van der Waals surface area contributed by atoms with Gasteiger partial charge in [0.1, 0.15) is 0 Å². The second-order valence-electron chi connectivity index (χ2n) is 5.40. The van der Waals surface area contributed by atoms with Gasteiger partial charge in [0, 0.05) is 17.8 Å². The molecule has 0 radical (unpaired) electrons. The highest BCUT2D eigenvalue weighted by Crippen LogP contribution is 2.27. The molecule has 0 unspecified atom stereocenters. The highest BCUT2D eigenvalue weighted by atomic mass is 16.1. The fourth-order valence-corrected chi connectivity index (χ4v) is 2.86. The summed E-state index contributed by atoms with van der Waals surface area (Å²) in [6, 6.07) is 17.7. The summed E-state index contributed by atoms with van der Waals surface area (Å²) in [5.74, 6) is 0. The Hall–Kier alpha value is -2.94. The third kappa shape index (κ3) is 1.83. The Morgan fingerprint density at radius 3 is 2.45 bits per heavy atom. The first-order chi connectivity index (χ1) is 10.8. The number of fused-ring (bicyclic) bond motifs is 3. The van der Waals surface area contributed by atoms with E-state index < -0.39 is 0 Å². The second-order valence-corrected chi connectivity index (χ2v) is 5.40. The fourth-order valence-electron chi connectivity index (χ4n) is 2.86. The van der Waals surface area contributed by atoms with Crippen LogP contribution in [0.4, 0.5) is 0 Å². The van der Waals surface area contributed by atoms with Crippen molar-refractivity contribution in [1.82, 2.24) is 9.38 Å². The van der Waals surface area contributed by atoms with E-state index in [1.165, 1.54) is 0 Å². The highest BCUT2D eigenvalue weighted by molar-refractivity contribution is 6.03. The molecule has 3 aromatic heterocycles. The Morgan fingerprint density at radius 2 is 1.68 bits per heavy atom. The van der Waals surface area contributed by atoms with E-state index in [0.717, 1.165) is 21.9 Å². The zero-order chi connectivity index (χ0) is 15.1. The quantitative estimate of drug-likeness (QED) is 0.498. The van der Waals surface area contributed by atoms with Crippen LogP contribution in [0.3, 0.4) is 0 Å². The molecule has 0 amide bonds. The fraction of sp³-hybridized carbons (Fsp3) is 0.0526. The maximum Gasteiger partial charge on any atom is 0.265 e. The number of hydrogen-bond donors (Lipinski definition) is 0. The molecule has 0 spiro atoms. The molecule has 0 fully saturated rings. The van der Waals surface area contributed by atoms with E-state index in [1.807, 2.05) is 67.7 Å². The number of pyridine rings is 3. The number of nitrogens with zero attached hydrogens (tertiary/aromatic N) is 2. The van der Waals surface area contributed by atoms with Gasteiger partial charge in [-0.25, -0.2) is 0 Å². The summed E-state index contributed by atoms with van der Waals surface area (Å²) in [7, 11) is 0. The van der Waals surface area contributed by atoms with E-state index in [2.05, 4.69) is 4.98 Å². The van der Waals surface area contributed by atoms with Gasteiger partial charge in [0.05, 0.1) is 16.8 Å². The maximum atomic E-state index is 13.0. The van der Waals surface area contributed by atoms with Crippen LogP contribution in [0.1, 0.15) is 5.56 Å². The molecule has 3 heterocycles. The Kier molecular flexibility index (Phi) is 2.79. The van der Waals surface area contributed by atoms with Crippen LogP contribution in [-0.4, -0.2) is 9.38 Å². The lowest BCUT2D eigenvalue weighted by atomic mass is 10.0. The summed E-state index contributed by atoms with van der Waals surface area (Å²) in [4.78, 5) is 17.4. The van der Waals surface area contributed by atoms with Gasteiger partial charge in [-0.15, -0.1) is 0 Å². The molecule has 0 atom stereocenters. The molecular formula is C19H14N2O. The lowest BCUT2D eigenvalue weighted by Gasteiger charge is -2.10. The minimum Gasteiger partial charge on any atom is -0.283 e. The Bertz CT molecular complexity index is 1050. The molecule has 106 valence electrons. The summed E-state index contributed by atoms with van der Waals surface area (Å²) in [6.45, 7) is 1.99. The molecule has 0 aliphatic rings. The van der Waals surface area contributed by atoms with Crippen LogP contribution >= 0.6 is 0 Å². The second kappa shape index (κ2) is 4.81. The molecule has 1 aromatic carbocycles. The van der Waals surface area contributed by atoms with E-state index in [9.17, 15) is 4.79 Å². The molecular weight excluding hydrogens is 272 g/mol. The van der Waals surface area contributed by atoms with Crippen LogP contribution in [0.15, 0.2) is 71.8 Å². The average molecular weight is 286 g/mol. The van der Waals surface area contributed by atoms with E-state index in [-0.39, 0.29) is 5.56 Å². The van der Waals surface area contributed by atoms with Crippen molar-refractivity contribution in [2.45, 2.75) is 6.92 Å². The molecule has 0 aliphatic heterocycles. The minimum absolute atomic E-state index is 0.0364. The molecule has 3 heteroatoms. The number of hydrogen-bond acceptors (Lipinski definition) is 2. The van der Waals surface area contributed by atoms with Gasteiger partial charge in [-0.05, 0) is 36.1 Å². The summed E-state index contributed by atoms with van der Waals surface area (Å²) in [5.41, 5.74) is 3.32. The lowest BCUT2D eigenvalue weighted by Crippen LogP contribution is -2.16. The van der Waals surface area contributed by atoms with Gasteiger partial charge in [0.25, 0.3) is 5.56 Å². The SMILES string of the molecule is Cc1ccc(-c2c(=O)n3ccccc3c3ccccc23)nc1. The third-order valence-corrected chi connectivity index (χ3v) is 3.93. The summed E-state index contributed by atoms with van der Waals surface area (Å²) in [5, 5.41) is 2.00. The Balaban J connectivity index is 2.23. The molecule has 22 heavy (non-hydrogen) atoms. The molecule has 3 nitrogen and oxygen atoms in total. The van der Waals surface area contributed by atoms with Gasteiger partial charge in [0.2, 0.25) is 0 Å². The van der Waals surface area contributed by atoms with Crippen molar-refractivity contribution < 1.29 is 0 Å². The zero-order valence-corrected chi connectivity index (χ0v) is 12.2. The van der Waals surface area contributed by atoms with Gasteiger partial charge < -0.3 is 0 Å². The van der Waals surface area contributed by atoms with Crippen molar-refractivity contribution in [2.75, 3.05) is 0 Å². The van der Waals surface area contributed by atoms with E-state index in [0.29, 0.717) is 11.3 Å². The molecule has 0 bridgehead atoms. The predicted octanol–water partition coefficient (Wildman–Crippen LogP) is 3.82. The number of aromatic nitrogens is 2. The van der Waals surface area contributed by atoms with Crippen LogP contribution in [0.25, 0.3) is 27.5 Å². The minimum atomic E-state index is -0.0364. The topological polar surface area (TPSA) is 34.4 Å². The van der Waals surface area contributed by atoms with E-state index in [1.54, 1.807) is 10.6 Å². The monoisotopic (exact) mass is 286 g/mol. The van der Waals surface area contributed by atoms with Crippen LogP contribution in [-0.2, 0) is 0 Å². The van der Waals surface area contributed by atoms with Crippen molar-refractivity contribution in [2.24, 2.45) is 0 Å². The molecule has 0 saturated carbocycles. The average Bonchev–Trinajstić information content (AvgIpc) is 2.57. The van der Waals surface area contributed by atoms with Crippen molar-refractivity contribution in [1.29, 1.82) is 0 Å². The van der Waals surface area contributed by atoms with Crippen LogP contribution in [0.5, 0.6) is 0 Å². The molecule has 0 N–H and O–H groups in total. The van der Waals surface area contributed by atoms with Crippen LogP contribution in [0, 0.1) is 6.92 Å². The number of aryl methyl sites for hydroxylation is 1. The smallest absolute Gasteiger partial charge is 0.265 e. The molecule has 0 saturated heterocycles. The summed E-state index contributed by atoms with van der Waals surface area (Å²) in [6.07, 6.45) is 3.60. The largest absolute Gasteiger partial charge is 0.283 e. The van der Waals surface area contributed by atoms with E-state index in [4.69, 9.17) is 0 Å². The molecule has 0 aliphatic carbocycles. The van der Waals surface area contributed by atoms with Crippen molar-refractivity contribution in [3.05, 3.63) is 82.9 Å². The highest BCUT2D eigenvalue weighted by Gasteiger charge is 2.13. The summed E-state index contributed by atoms with van der Waals surface area (Å²) >= 11 is 0. The van der Waals surface area contributed by atoms with Crippen LogP contribution in [0.2, 0.25) is 0 Å². The first-order valence-corrected chi connectivity index (χ1v) is 7.21. The number of benzene rings is 1. The van der Waals surface area contributed by atoms with Gasteiger partial charge in [0.15, 0.2) is 0 Å². The zero-order valence-electron chi connectivity index (χ0n) is 12.2. The van der Waals surface area contributed by atoms with Gasteiger partial charge in [-0.1, -0.05) is 36.4 Å². The van der Waals surface area contributed by atoms with Gasteiger partial charge in [-0.3, -0.25) is 14.2 Å². The predicted molar refractivity (Wildman–Crippen MR) is 89.1 cm³/mol. The first-order valence-electron chi connectivity index (χ1n) is 7.21. The van der Waals surface area contributed by atoms with E-state index >= 15 is 0 Å². The van der Waals surface area contributed by atoms with Gasteiger partial charge >= 0.3 is 0 Å². The maximum absolute atomic E-state index is 13.0.